The van der Waals surface area contributed by atoms with Gasteiger partial charge in [-0.05, 0) is 40.2 Å². The zero-order chi connectivity index (χ0) is 14.8. The number of hydrogen-bond acceptors (Lipinski definition) is 4. The lowest BCUT2D eigenvalue weighted by molar-refractivity contribution is 0.305. The predicted octanol–water partition coefficient (Wildman–Crippen LogP) is 4.00. The minimum absolute atomic E-state index is 0.0689. The third kappa shape index (κ3) is 4.09. The quantitative estimate of drug-likeness (QED) is 0.732. The van der Waals surface area contributed by atoms with Crippen molar-refractivity contribution in [2.45, 2.75) is 11.5 Å². The highest BCUT2D eigenvalue weighted by molar-refractivity contribution is 9.10. The van der Waals surface area contributed by atoms with Gasteiger partial charge < -0.3 is 4.74 Å². The van der Waals surface area contributed by atoms with Crippen LogP contribution in [0.1, 0.15) is 5.56 Å². The number of ether oxygens (including phenoxy) is 1. The van der Waals surface area contributed by atoms with Gasteiger partial charge in [0.2, 0.25) is 0 Å². The molecule has 0 fully saturated rings. The van der Waals surface area contributed by atoms with Gasteiger partial charge in [0.25, 0.3) is 9.05 Å². The molecule has 0 aliphatic heterocycles. The number of benzene rings is 1. The molecule has 0 atom stereocenters. The standard InChI is InChI=1S/C12H8BrCl2NO3S/c13-9-3-8(5-16-6-9)7-19-12-2-1-10(4-11(12)14)20(15,17)18/h1-6H,7H2. The minimum atomic E-state index is -3.80. The van der Waals surface area contributed by atoms with Crippen LogP contribution in [-0.2, 0) is 15.7 Å². The molecule has 1 aromatic heterocycles. The average Bonchev–Trinajstić information content (AvgIpc) is 2.36. The molecule has 0 N–H and O–H groups in total. The second-order valence-electron chi connectivity index (χ2n) is 3.83. The third-order valence-corrected chi connectivity index (χ3v) is 4.42. The predicted molar refractivity (Wildman–Crippen MR) is 80.8 cm³/mol. The van der Waals surface area contributed by atoms with Crippen molar-refractivity contribution in [1.29, 1.82) is 0 Å². The first-order chi connectivity index (χ1) is 9.36. The molecule has 0 amide bonds. The molecule has 0 bridgehead atoms. The Morgan fingerprint density at radius 1 is 1.25 bits per heavy atom. The van der Waals surface area contributed by atoms with Crippen LogP contribution in [0.2, 0.25) is 5.02 Å². The molecular formula is C12H8BrCl2NO3S. The number of rotatable bonds is 4. The summed E-state index contributed by atoms with van der Waals surface area (Å²) in [6.07, 6.45) is 3.33. The molecule has 1 heterocycles. The van der Waals surface area contributed by atoms with Crippen molar-refractivity contribution in [2.75, 3.05) is 0 Å². The van der Waals surface area contributed by atoms with Crippen LogP contribution in [0.5, 0.6) is 5.75 Å². The molecule has 0 radical (unpaired) electrons. The first-order valence-corrected chi connectivity index (χ1v) is 8.81. The molecule has 1 aromatic carbocycles. The Bertz CT molecular complexity index is 737. The lowest BCUT2D eigenvalue weighted by atomic mass is 10.3. The fourth-order valence-electron chi connectivity index (χ4n) is 1.45. The van der Waals surface area contributed by atoms with Gasteiger partial charge in [0.05, 0.1) is 9.92 Å². The SMILES string of the molecule is O=S(=O)(Cl)c1ccc(OCc2cncc(Br)c2)c(Cl)c1. The Morgan fingerprint density at radius 3 is 2.60 bits per heavy atom. The van der Waals surface area contributed by atoms with Gasteiger partial charge in [0.15, 0.2) is 0 Å². The zero-order valence-electron chi connectivity index (χ0n) is 9.89. The van der Waals surface area contributed by atoms with E-state index >= 15 is 0 Å². The zero-order valence-corrected chi connectivity index (χ0v) is 13.8. The highest BCUT2D eigenvalue weighted by Gasteiger charge is 2.13. The summed E-state index contributed by atoms with van der Waals surface area (Å²) >= 11 is 9.27. The lowest BCUT2D eigenvalue weighted by Crippen LogP contribution is -1.98. The van der Waals surface area contributed by atoms with E-state index in [4.69, 9.17) is 27.0 Å². The van der Waals surface area contributed by atoms with E-state index < -0.39 is 9.05 Å². The fourth-order valence-corrected chi connectivity index (χ4v) is 2.94. The summed E-state index contributed by atoms with van der Waals surface area (Å²) in [5.41, 5.74) is 0.851. The monoisotopic (exact) mass is 395 g/mol. The summed E-state index contributed by atoms with van der Waals surface area (Å²) in [5, 5.41) is 0.176. The summed E-state index contributed by atoms with van der Waals surface area (Å²) < 4.78 is 28.7. The summed E-state index contributed by atoms with van der Waals surface area (Å²) in [6.45, 7) is 0.263. The summed E-state index contributed by atoms with van der Waals surface area (Å²) in [6, 6.07) is 5.91. The minimum Gasteiger partial charge on any atom is -0.487 e. The molecule has 0 aliphatic carbocycles. The Labute approximate surface area is 134 Å². The first kappa shape index (κ1) is 15.6. The summed E-state index contributed by atoms with van der Waals surface area (Å²) in [5.74, 6) is 0.371. The normalized spacial score (nSPS) is 11.3. The van der Waals surface area contributed by atoms with E-state index in [1.54, 1.807) is 12.4 Å². The topological polar surface area (TPSA) is 56.3 Å². The summed E-state index contributed by atoms with van der Waals surface area (Å²) in [7, 11) is 1.43. The van der Waals surface area contributed by atoms with Crippen molar-refractivity contribution >= 4 is 47.3 Å². The molecule has 0 saturated heterocycles. The van der Waals surface area contributed by atoms with E-state index in [1.165, 1.54) is 18.2 Å². The van der Waals surface area contributed by atoms with Crippen LogP contribution in [-0.4, -0.2) is 13.4 Å². The number of halogens is 3. The van der Waals surface area contributed by atoms with E-state index in [1.807, 2.05) is 6.07 Å². The van der Waals surface area contributed by atoms with Crippen LogP contribution in [0.4, 0.5) is 0 Å². The Balaban J connectivity index is 2.15. The van der Waals surface area contributed by atoms with Crippen LogP contribution < -0.4 is 4.74 Å². The van der Waals surface area contributed by atoms with Gasteiger partial charge in [-0.15, -0.1) is 0 Å². The van der Waals surface area contributed by atoms with E-state index in [-0.39, 0.29) is 16.5 Å². The van der Waals surface area contributed by atoms with Crippen molar-refractivity contribution in [3.63, 3.8) is 0 Å². The second kappa shape index (κ2) is 6.30. The Morgan fingerprint density at radius 2 is 2.00 bits per heavy atom. The molecular weight excluding hydrogens is 389 g/mol. The van der Waals surface area contributed by atoms with Gasteiger partial charge in [0.1, 0.15) is 12.4 Å². The average molecular weight is 397 g/mol. The van der Waals surface area contributed by atoms with E-state index in [2.05, 4.69) is 20.9 Å². The maximum atomic E-state index is 11.2. The van der Waals surface area contributed by atoms with Crippen molar-refractivity contribution in [3.05, 3.63) is 51.7 Å². The molecule has 0 spiro atoms. The maximum Gasteiger partial charge on any atom is 0.261 e. The smallest absolute Gasteiger partial charge is 0.261 e. The van der Waals surface area contributed by atoms with Crippen LogP contribution in [0.15, 0.2) is 46.0 Å². The van der Waals surface area contributed by atoms with Crippen LogP contribution in [0, 0.1) is 0 Å². The fraction of sp³-hybridized carbons (Fsp3) is 0.0833. The third-order valence-electron chi connectivity index (χ3n) is 2.34. The largest absolute Gasteiger partial charge is 0.487 e. The maximum absolute atomic E-state index is 11.2. The number of pyridine rings is 1. The van der Waals surface area contributed by atoms with Crippen molar-refractivity contribution in [3.8, 4) is 5.75 Å². The first-order valence-electron chi connectivity index (χ1n) is 5.33. The van der Waals surface area contributed by atoms with Crippen molar-refractivity contribution < 1.29 is 13.2 Å². The van der Waals surface area contributed by atoms with Crippen LogP contribution >= 0.6 is 38.2 Å². The van der Waals surface area contributed by atoms with E-state index in [0.29, 0.717) is 5.75 Å². The summed E-state index contributed by atoms with van der Waals surface area (Å²) in [4.78, 5) is 3.94. The van der Waals surface area contributed by atoms with Crippen LogP contribution in [0.3, 0.4) is 0 Å². The van der Waals surface area contributed by atoms with Gasteiger partial charge in [-0.3, -0.25) is 4.98 Å². The highest BCUT2D eigenvalue weighted by Crippen LogP contribution is 2.29. The van der Waals surface area contributed by atoms with Crippen molar-refractivity contribution in [2.24, 2.45) is 0 Å². The number of aromatic nitrogens is 1. The number of hydrogen-bond donors (Lipinski definition) is 0. The Kier molecular flexibility index (Phi) is 4.90. The molecule has 8 heteroatoms. The molecule has 0 aliphatic rings. The van der Waals surface area contributed by atoms with Gasteiger partial charge in [0, 0.05) is 33.1 Å². The second-order valence-corrected chi connectivity index (χ2v) is 7.72. The van der Waals surface area contributed by atoms with Gasteiger partial charge in [-0.1, -0.05) is 11.6 Å². The Hall–Kier alpha value is -0.820. The highest BCUT2D eigenvalue weighted by atomic mass is 79.9. The lowest BCUT2D eigenvalue weighted by Gasteiger charge is -2.08. The number of nitrogens with zero attached hydrogens (tertiary/aromatic N) is 1. The molecule has 0 unspecified atom stereocenters. The van der Waals surface area contributed by atoms with Crippen molar-refractivity contribution in [1.82, 2.24) is 4.98 Å². The molecule has 0 saturated carbocycles. The van der Waals surface area contributed by atoms with Gasteiger partial charge in [-0.25, -0.2) is 8.42 Å². The van der Waals surface area contributed by atoms with Gasteiger partial charge >= 0.3 is 0 Å². The van der Waals surface area contributed by atoms with E-state index in [9.17, 15) is 8.42 Å². The molecule has 2 rings (SSSR count). The molecule has 2 aromatic rings. The molecule has 106 valence electrons. The molecule has 4 nitrogen and oxygen atoms in total. The van der Waals surface area contributed by atoms with Crippen LogP contribution in [0.25, 0.3) is 0 Å². The molecule has 20 heavy (non-hydrogen) atoms. The van der Waals surface area contributed by atoms with Gasteiger partial charge in [-0.2, -0.15) is 0 Å². The van der Waals surface area contributed by atoms with E-state index in [0.717, 1.165) is 10.0 Å².